The highest BCUT2D eigenvalue weighted by molar-refractivity contribution is 7.99. The fraction of sp³-hybridized carbons (Fsp3) is 0.179. The zero-order valence-corrected chi connectivity index (χ0v) is 19.5. The molecule has 0 amide bonds. The Morgan fingerprint density at radius 3 is 2.64 bits per heavy atom. The van der Waals surface area contributed by atoms with Gasteiger partial charge in [-0.25, -0.2) is 4.98 Å². The summed E-state index contributed by atoms with van der Waals surface area (Å²) in [5.74, 6) is 1.43. The quantitative estimate of drug-likeness (QED) is 0.292. The molecular formula is C28H26N2O2S. The van der Waals surface area contributed by atoms with E-state index in [0.717, 1.165) is 43.7 Å². The second-order valence-electron chi connectivity index (χ2n) is 8.25. The predicted octanol–water partition coefficient (Wildman–Crippen LogP) is 6.33. The van der Waals surface area contributed by atoms with E-state index in [9.17, 15) is 5.11 Å². The van der Waals surface area contributed by atoms with Crippen LogP contribution in [0.3, 0.4) is 0 Å². The normalized spacial score (nSPS) is 12.3. The molecule has 0 aliphatic rings. The molecule has 0 saturated carbocycles. The first-order valence-electron chi connectivity index (χ1n) is 11.0. The van der Waals surface area contributed by atoms with Gasteiger partial charge in [0.15, 0.2) is 0 Å². The Labute approximate surface area is 197 Å². The van der Waals surface area contributed by atoms with Gasteiger partial charge in [0.1, 0.15) is 5.75 Å². The fourth-order valence-electron chi connectivity index (χ4n) is 4.07. The second kappa shape index (κ2) is 9.30. The van der Waals surface area contributed by atoms with Crippen LogP contribution in [0, 0.1) is 6.92 Å². The summed E-state index contributed by atoms with van der Waals surface area (Å²) >= 11 is 1.68. The fourth-order valence-corrected chi connectivity index (χ4v) is 5.07. The first-order valence-corrected chi connectivity index (χ1v) is 12.0. The van der Waals surface area contributed by atoms with Crippen molar-refractivity contribution in [3.05, 3.63) is 90.6 Å². The first-order chi connectivity index (χ1) is 16.1. The summed E-state index contributed by atoms with van der Waals surface area (Å²) in [6.45, 7) is 2.63. The van der Waals surface area contributed by atoms with E-state index in [1.807, 2.05) is 42.6 Å². The third-order valence-electron chi connectivity index (χ3n) is 5.84. The number of aliphatic hydroxyl groups is 1. The van der Waals surface area contributed by atoms with Gasteiger partial charge in [-0.2, -0.15) is 0 Å². The van der Waals surface area contributed by atoms with Crippen molar-refractivity contribution in [1.29, 1.82) is 0 Å². The molecule has 166 valence electrons. The lowest BCUT2D eigenvalue weighted by Crippen LogP contribution is -2.17. The van der Waals surface area contributed by atoms with Crippen molar-refractivity contribution in [2.24, 2.45) is 0 Å². The van der Waals surface area contributed by atoms with Gasteiger partial charge >= 0.3 is 0 Å². The van der Waals surface area contributed by atoms with Gasteiger partial charge in [-0.05, 0) is 43.3 Å². The minimum atomic E-state index is -0.484. The summed E-state index contributed by atoms with van der Waals surface area (Å²) in [6.07, 6.45) is 1.54. The number of rotatable bonds is 7. The van der Waals surface area contributed by atoms with E-state index in [1.54, 1.807) is 18.9 Å². The molecule has 0 saturated heterocycles. The Hall–Kier alpha value is -3.28. The summed E-state index contributed by atoms with van der Waals surface area (Å²) < 4.78 is 7.42. The van der Waals surface area contributed by atoms with Gasteiger partial charge in [0.05, 0.1) is 24.4 Å². The molecule has 0 aliphatic carbocycles. The molecule has 0 fully saturated rings. The molecule has 5 heteroatoms. The minimum Gasteiger partial charge on any atom is -0.497 e. The predicted molar refractivity (Wildman–Crippen MR) is 137 cm³/mol. The molecule has 0 aliphatic heterocycles. The Morgan fingerprint density at radius 2 is 1.82 bits per heavy atom. The summed E-state index contributed by atoms with van der Waals surface area (Å²) in [5, 5.41) is 13.1. The van der Waals surface area contributed by atoms with Gasteiger partial charge in [0.25, 0.3) is 0 Å². The van der Waals surface area contributed by atoms with E-state index in [1.165, 1.54) is 5.56 Å². The molecule has 3 aromatic carbocycles. The van der Waals surface area contributed by atoms with Crippen LogP contribution in [0.2, 0.25) is 0 Å². The first kappa shape index (κ1) is 21.6. The maximum Gasteiger partial charge on any atom is 0.119 e. The van der Waals surface area contributed by atoms with Gasteiger partial charge < -0.3 is 14.4 Å². The van der Waals surface area contributed by atoms with Crippen LogP contribution in [-0.4, -0.2) is 33.6 Å². The van der Waals surface area contributed by atoms with E-state index in [-0.39, 0.29) is 0 Å². The third-order valence-corrected chi connectivity index (χ3v) is 7.04. The number of hydrogen-bond acceptors (Lipinski definition) is 4. The molecule has 2 heterocycles. The number of aliphatic hydroxyl groups excluding tert-OH is 1. The monoisotopic (exact) mass is 454 g/mol. The summed E-state index contributed by atoms with van der Waals surface area (Å²) in [5.41, 5.74) is 5.35. The lowest BCUT2D eigenvalue weighted by Gasteiger charge is -2.14. The molecular weight excluding hydrogens is 428 g/mol. The lowest BCUT2D eigenvalue weighted by atomic mass is 10.1. The number of fused-ring (bicyclic) bond motifs is 2. The van der Waals surface area contributed by atoms with Crippen LogP contribution in [0.1, 0.15) is 5.56 Å². The molecule has 1 atom stereocenters. The summed E-state index contributed by atoms with van der Waals surface area (Å²) in [4.78, 5) is 6.02. The summed E-state index contributed by atoms with van der Waals surface area (Å²) in [7, 11) is 1.67. The maximum atomic E-state index is 10.8. The van der Waals surface area contributed by atoms with E-state index in [2.05, 4.69) is 54.0 Å². The van der Waals surface area contributed by atoms with Crippen LogP contribution in [-0.2, 0) is 6.54 Å². The van der Waals surface area contributed by atoms with E-state index in [4.69, 9.17) is 9.72 Å². The molecule has 0 radical (unpaired) electrons. The van der Waals surface area contributed by atoms with Gasteiger partial charge in [-0.3, -0.25) is 0 Å². The molecule has 1 N–H and O–H groups in total. The highest BCUT2D eigenvalue weighted by Crippen LogP contribution is 2.32. The number of methoxy groups -OCH3 is 1. The van der Waals surface area contributed by atoms with E-state index < -0.39 is 6.10 Å². The van der Waals surface area contributed by atoms with Crippen LogP contribution in [0.25, 0.3) is 33.1 Å². The van der Waals surface area contributed by atoms with Crippen LogP contribution in [0.15, 0.2) is 90.0 Å². The van der Waals surface area contributed by atoms with Crippen LogP contribution in [0.4, 0.5) is 0 Å². The molecule has 1 unspecified atom stereocenters. The van der Waals surface area contributed by atoms with Crippen LogP contribution < -0.4 is 4.74 Å². The topological polar surface area (TPSA) is 47.3 Å². The Kier molecular flexibility index (Phi) is 6.07. The van der Waals surface area contributed by atoms with Crippen molar-refractivity contribution in [2.75, 3.05) is 12.9 Å². The molecule has 4 nitrogen and oxygen atoms in total. The molecule has 0 bridgehead atoms. The Morgan fingerprint density at radius 1 is 1.00 bits per heavy atom. The minimum absolute atomic E-state index is 0.484. The smallest absolute Gasteiger partial charge is 0.119 e. The highest BCUT2D eigenvalue weighted by atomic mass is 32.2. The number of pyridine rings is 1. The van der Waals surface area contributed by atoms with E-state index in [0.29, 0.717) is 12.3 Å². The Bertz CT molecular complexity index is 1410. The summed E-state index contributed by atoms with van der Waals surface area (Å²) in [6, 6.07) is 26.9. The second-order valence-corrected chi connectivity index (χ2v) is 9.31. The zero-order chi connectivity index (χ0) is 22.8. The number of thioether (sulfide) groups is 1. The van der Waals surface area contributed by atoms with Gasteiger partial charge in [0.2, 0.25) is 0 Å². The van der Waals surface area contributed by atoms with Crippen molar-refractivity contribution in [2.45, 2.75) is 24.5 Å². The Balaban J connectivity index is 1.37. The van der Waals surface area contributed by atoms with E-state index >= 15 is 0 Å². The lowest BCUT2D eigenvalue weighted by molar-refractivity contribution is 0.180. The van der Waals surface area contributed by atoms with Gasteiger partial charge in [0, 0.05) is 45.2 Å². The molecule has 33 heavy (non-hydrogen) atoms. The van der Waals surface area contributed by atoms with Crippen molar-refractivity contribution in [1.82, 2.24) is 9.55 Å². The zero-order valence-electron chi connectivity index (χ0n) is 18.7. The third kappa shape index (κ3) is 4.61. The number of nitrogens with zero attached hydrogens (tertiary/aromatic N) is 2. The maximum absolute atomic E-state index is 10.8. The van der Waals surface area contributed by atoms with Crippen molar-refractivity contribution >= 4 is 33.6 Å². The highest BCUT2D eigenvalue weighted by Gasteiger charge is 2.13. The molecule has 5 rings (SSSR count). The van der Waals surface area contributed by atoms with Crippen molar-refractivity contribution in [3.8, 4) is 17.0 Å². The average Bonchev–Trinajstić information content (AvgIpc) is 3.24. The molecule has 5 aromatic rings. The number of para-hydroxylation sites is 1. The number of aryl methyl sites for hydroxylation is 1. The number of aromatic nitrogens is 2. The standard InChI is InChI=1S/C28H26N2O2S/c1-19-7-9-20(10-8-19)26-16-28(24-5-3-4-6-25(24)29-26)33-18-22(31)17-30-14-13-21-15-23(32-2)11-12-27(21)30/h3-16,22,31H,17-18H2,1-2H3. The van der Waals surface area contributed by atoms with Crippen LogP contribution >= 0.6 is 11.8 Å². The number of ether oxygens (including phenoxy) is 1. The SMILES string of the molecule is COc1ccc2c(ccn2CC(O)CSc2cc(-c3ccc(C)cc3)nc3ccccc23)c1. The van der Waals surface area contributed by atoms with Gasteiger partial charge in [-0.15, -0.1) is 11.8 Å². The average molecular weight is 455 g/mol. The van der Waals surface area contributed by atoms with Crippen LogP contribution in [0.5, 0.6) is 5.75 Å². The number of hydrogen-bond donors (Lipinski definition) is 1. The largest absolute Gasteiger partial charge is 0.497 e. The van der Waals surface area contributed by atoms with Crippen molar-refractivity contribution < 1.29 is 9.84 Å². The number of benzene rings is 3. The molecule has 0 spiro atoms. The van der Waals surface area contributed by atoms with Gasteiger partial charge in [-0.1, -0.05) is 48.0 Å². The van der Waals surface area contributed by atoms with Crippen molar-refractivity contribution in [3.63, 3.8) is 0 Å². The molecule has 2 aromatic heterocycles.